The summed E-state index contributed by atoms with van der Waals surface area (Å²) < 4.78 is 59.8. The number of hydrogen-bond donors (Lipinski definition) is 1. The van der Waals surface area contributed by atoms with Crippen molar-refractivity contribution in [1.82, 2.24) is 0 Å². The Labute approximate surface area is 96.8 Å². The van der Waals surface area contributed by atoms with Crippen molar-refractivity contribution in [3.8, 4) is 0 Å². The molecule has 1 unspecified atom stereocenters. The summed E-state index contributed by atoms with van der Waals surface area (Å²) in [4.78, 5) is -0.230. The second-order valence-corrected chi connectivity index (χ2v) is 5.69. The van der Waals surface area contributed by atoms with E-state index in [4.69, 9.17) is 5.11 Å². The van der Waals surface area contributed by atoms with Gasteiger partial charge in [0.15, 0.2) is 9.84 Å². The van der Waals surface area contributed by atoms with Crippen LogP contribution in [0.4, 0.5) is 13.2 Å². The van der Waals surface area contributed by atoms with Crippen LogP contribution in [0.2, 0.25) is 0 Å². The van der Waals surface area contributed by atoms with Crippen molar-refractivity contribution >= 4 is 9.84 Å². The van der Waals surface area contributed by atoms with E-state index in [0.717, 1.165) is 12.1 Å². The first-order valence-electron chi connectivity index (χ1n) is 4.71. The molecular weight excluding hydrogens is 257 g/mol. The zero-order valence-electron chi connectivity index (χ0n) is 8.90. The van der Waals surface area contributed by atoms with Crippen LogP contribution >= 0.6 is 0 Å². The fourth-order valence-electron chi connectivity index (χ4n) is 1.27. The van der Waals surface area contributed by atoms with Gasteiger partial charge >= 0.3 is 6.18 Å². The number of halogens is 3. The number of rotatable bonds is 3. The zero-order chi connectivity index (χ0) is 13.3. The molecule has 0 heterocycles. The average Bonchev–Trinajstić information content (AvgIpc) is 2.14. The first kappa shape index (κ1) is 14.0. The van der Waals surface area contributed by atoms with Gasteiger partial charge in [0.05, 0.1) is 22.3 Å². The highest BCUT2D eigenvalue weighted by molar-refractivity contribution is 7.91. The van der Waals surface area contributed by atoms with E-state index in [1.807, 2.05) is 0 Å². The molecule has 96 valence electrons. The van der Waals surface area contributed by atoms with E-state index >= 15 is 0 Å². The highest BCUT2D eigenvalue weighted by Gasteiger charge is 2.30. The summed E-state index contributed by atoms with van der Waals surface area (Å²) in [5.74, 6) is -0.516. The van der Waals surface area contributed by atoms with Crippen LogP contribution < -0.4 is 0 Å². The molecule has 1 aromatic carbocycles. The predicted molar refractivity (Wildman–Crippen MR) is 55.2 cm³/mol. The minimum atomic E-state index is -4.49. The van der Waals surface area contributed by atoms with Crippen LogP contribution in [-0.2, 0) is 16.0 Å². The Morgan fingerprint density at radius 1 is 1.24 bits per heavy atom. The number of alkyl halides is 3. The molecule has 0 fully saturated rings. The maximum atomic E-state index is 12.2. The number of hydrogen-bond acceptors (Lipinski definition) is 3. The van der Waals surface area contributed by atoms with Crippen molar-refractivity contribution < 1.29 is 26.7 Å². The van der Waals surface area contributed by atoms with Crippen molar-refractivity contribution in [2.24, 2.45) is 0 Å². The number of aliphatic hydroxyl groups excluding tert-OH is 1. The molecule has 17 heavy (non-hydrogen) atoms. The lowest BCUT2D eigenvalue weighted by molar-refractivity contribution is -0.137. The van der Waals surface area contributed by atoms with E-state index in [9.17, 15) is 21.6 Å². The van der Waals surface area contributed by atoms with Crippen LogP contribution in [0.3, 0.4) is 0 Å². The molecule has 0 amide bonds. The van der Waals surface area contributed by atoms with Gasteiger partial charge in [0.25, 0.3) is 0 Å². The van der Waals surface area contributed by atoms with Gasteiger partial charge in [0.1, 0.15) is 0 Å². The van der Waals surface area contributed by atoms with Gasteiger partial charge < -0.3 is 5.11 Å². The highest BCUT2D eigenvalue weighted by Crippen LogP contribution is 2.29. The molecule has 0 radical (unpaired) electrons. The van der Waals surface area contributed by atoms with E-state index < -0.39 is 33.4 Å². The lowest BCUT2D eigenvalue weighted by atomic mass is 10.2. The molecule has 1 atom stereocenters. The van der Waals surface area contributed by atoms with Gasteiger partial charge in [-0.15, -0.1) is 0 Å². The zero-order valence-corrected chi connectivity index (χ0v) is 9.72. The highest BCUT2D eigenvalue weighted by atomic mass is 32.2. The van der Waals surface area contributed by atoms with Crippen molar-refractivity contribution in [2.75, 3.05) is 5.75 Å². The van der Waals surface area contributed by atoms with Gasteiger partial charge in [-0.25, -0.2) is 8.42 Å². The normalized spacial score (nSPS) is 14.6. The molecule has 1 aromatic rings. The van der Waals surface area contributed by atoms with Crippen LogP contribution in [0.1, 0.15) is 12.5 Å². The third-order valence-corrected chi connectivity index (χ3v) is 3.91. The maximum Gasteiger partial charge on any atom is 0.416 e. The molecule has 0 saturated carbocycles. The fraction of sp³-hybridized carbons (Fsp3) is 0.400. The Hall–Kier alpha value is -1.08. The molecular formula is C10H11F3O3S. The standard InChI is InChI=1S/C10H11F3O3S/c1-7(14)6-17(15,16)9-4-2-8(3-5-9)10(11,12)13/h2-5,7,14H,6H2,1H3. The molecule has 0 aromatic heterocycles. The molecule has 1 N–H and O–H groups in total. The van der Waals surface area contributed by atoms with Crippen molar-refractivity contribution in [3.05, 3.63) is 29.8 Å². The molecule has 3 nitrogen and oxygen atoms in total. The number of benzene rings is 1. The van der Waals surface area contributed by atoms with Crippen LogP contribution in [0.25, 0.3) is 0 Å². The van der Waals surface area contributed by atoms with E-state index in [-0.39, 0.29) is 4.90 Å². The Morgan fingerprint density at radius 2 is 1.71 bits per heavy atom. The second-order valence-electron chi connectivity index (χ2n) is 3.65. The van der Waals surface area contributed by atoms with Gasteiger partial charge in [-0.2, -0.15) is 13.2 Å². The summed E-state index contributed by atoms with van der Waals surface area (Å²) in [6.07, 6.45) is -5.56. The summed E-state index contributed by atoms with van der Waals surface area (Å²) in [6.45, 7) is 1.29. The van der Waals surface area contributed by atoms with Gasteiger partial charge in [0, 0.05) is 0 Å². The summed E-state index contributed by atoms with van der Waals surface area (Å²) >= 11 is 0. The Morgan fingerprint density at radius 3 is 2.06 bits per heavy atom. The van der Waals surface area contributed by atoms with Crippen LogP contribution in [-0.4, -0.2) is 25.4 Å². The molecule has 0 aliphatic carbocycles. The molecule has 0 saturated heterocycles. The average molecular weight is 268 g/mol. The SMILES string of the molecule is CC(O)CS(=O)(=O)c1ccc(C(F)(F)F)cc1. The smallest absolute Gasteiger partial charge is 0.392 e. The number of sulfone groups is 1. The first-order chi connectivity index (χ1) is 7.63. The molecule has 0 bridgehead atoms. The molecule has 0 aliphatic heterocycles. The Balaban J connectivity index is 3.03. The topological polar surface area (TPSA) is 54.4 Å². The monoisotopic (exact) mass is 268 g/mol. The van der Waals surface area contributed by atoms with Crippen molar-refractivity contribution in [2.45, 2.75) is 24.1 Å². The van der Waals surface area contributed by atoms with Crippen molar-refractivity contribution in [3.63, 3.8) is 0 Å². The Kier molecular flexibility index (Phi) is 3.83. The summed E-state index contributed by atoms with van der Waals surface area (Å²) in [5.41, 5.74) is -0.909. The van der Waals surface area contributed by atoms with Gasteiger partial charge in [-0.05, 0) is 31.2 Å². The first-order valence-corrected chi connectivity index (χ1v) is 6.36. The van der Waals surface area contributed by atoms with Crippen LogP contribution in [0.5, 0.6) is 0 Å². The van der Waals surface area contributed by atoms with Gasteiger partial charge in [-0.1, -0.05) is 0 Å². The largest absolute Gasteiger partial charge is 0.416 e. The number of aliphatic hydroxyl groups is 1. The lowest BCUT2D eigenvalue weighted by Crippen LogP contribution is -2.18. The third-order valence-electron chi connectivity index (χ3n) is 2.00. The van der Waals surface area contributed by atoms with E-state index in [2.05, 4.69) is 0 Å². The maximum absolute atomic E-state index is 12.2. The van der Waals surface area contributed by atoms with E-state index in [1.54, 1.807) is 0 Å². The summed E-state index contributed by atoms with van der Waals surface area (Å²) in [5, 5.41) is 8.97. The molecule has 7 heteroatoms. The molecule has 1 rings (SSSR count). The van der Waals surface area contributed by atoms with Gasteiger partial charge in [-0.3, -0.25) is 0 Å². The molecule has 0 spiro atoms. The quantitative estimate of drug-likeness (QED) is 0.910. The van der Waals surface area contributed by atoms with Gasteiger partial charge in [0.2, 0.25) is 0 Å². The minimum absolute atomic E-state index is 0.230. The minimum Gasteiger partial charge on any atom is -0.392 e. The fourth-order valence-corrected chi connectivity index (χ4v) is 2.64. The van der Waals surface area contributed by atoms with Crippen LogP contribution in [0, 0.1) is 0 Å². The van der Waals surface area contributed by atoms with E-state index in [1.165, 1.54) is 6.92 Å². The van der Waals surface area contributed by atoms with Crippen LogP contribution in [0.15, 0.2) is 29.2 Å². The van der Waals surface area contributed by atoms with Crippen molar-refractivity contribution in [1.29, 1.82) is 0 Å². The predicted octanol–water partition coefficient (Wildman–Crippen LogP) is 1.86. The summed E-state index contributed by atoms with van der Waals surface area (Å²) in [6, 6.07) is 3.19. The molecule has 0 aliphatic rings. The van der Waals surface area contributed by atoms with E-state index in [0.29, 0.717) is 12.1 Å². The summed E-state index contributed by atoms with van der Waals surface area (Å²) in [7, 11) is -3.74. The lowest BCUT2D eigenvalue weighted by Gasteiger charge is -2.09. The second kappa shape index (κ2) is 4.66. The Bertz CT molecular complexity index is 475. The third kappa shape index (κ3) is 3.71.